The summed E-state index contributed by atoms with van der Waals surface area (Å²) in [5, 5.41) is 5.02. The summed E-state index contributed by atoms with van der Waals surface area (Å²) in [6.45, 7) is 0. The molecule has 1 heterocycles. The number of aromatic nitrogens is 1. The molecule has 1 aromatic carbocycles. The van der Waals surface area contributed by atoms with Crippen molar-refractivity contribution in [2.24, 2.45) is 5.14 Å². The van der Waals surface area contributed by atoms with Gasteiger partial charge in [-0.15, -0.1) is 0 Å². The van der Waals surface area contributed by atoms with Gasteiger partial charge in [-0.05, 0) is 17.7 Å². The predicted octanol–water partition coefficient (Wildman–Crippen LogP) is 2.41. The normalized spacial score (nSPS) is 13.2. The zero-order valence-electron chi connectivity index (χ0n) is 10.0. The zero-order chi connectivity index (χ0) is 13.9. The molecule has 0 saturated heterocycles. The highest BCUT2D eigenvalue weighted by atomic mass is 79.9. The molecule has 0 spiro atoms. The molecule has 0 bridgehead atoms. The summed E-state index contributed by atoms with van der Waals surface area (Å²) in [4.78, 5) is 4.29. The molecule has 4 nitrogen and oxygen atoms in total. The van der Waals surface area contributed by atoms with E-state index in [2.05, 4.69) is 20.9 Å². The van der Waals surface area contributed by atoms with Gasteiger partial charge in [0.15, 0.2) is 0 Å². The Balaban J connectivity index is 2.12. The summed E-state index contributed by atoms with van der Waals surface area (Å²) in [6.07, 6.45) is 1.96. The molecule has 1 atom stereocenters. The van der Waals surface area contributed by atoms with Gasteiger partial charge >= 0.3 is 0 Å². The number of hydrogen-bond acceptors (Lipinski definition) is 3. The highest BCUT2D eigenvalue weighted by Crippen LogP contribution is 2.26. The number of hydrogen-bond donors (Lipinski definition) is 1. The minimum atomic E-state index is -3.67. The number of halogens is 1. The van der Waals surface area contributed by atoms with Crippen molar-refractivity contribution >= 4 is 26.0 Å². The van der Waals surface area contributed by atoms with Crippen LogP contribution in [-0.2, 0) is 16.4 Å². The lowest BCUT2D eigenvalue weighted by Gasteiger charge is -2.09. The van der Waals surface area contributed by atoms with Crippen LogP contribution in [-0.4, -0.2) is 13.4 Å². The second kappa shape index (κ2) is 5.81. The Morgan fingerprint density at radius 3 is 2.37 bits per heavy atom. The van der Waals surface area contributed by atoms with Gasteiger partial charge in [0, 0.05) is 23.1 Å². The molecule has 0 fully saturated rings. The van der Waals surface area contributed by atoms with E-state index in [4.69, 9.17) is 5.14 Å². The van der Waals surface area contributed by atoms with Crippen LogP contribution in [0, 0.1) is 0 Å². The second-order valence-corrected chi connectivity index (χ2v) is 6.78. The second-order valence-electron chi connectivity index (χ2n) is 4.11. The molecule has 1 aromatic heterocycles. The molecule has 6 heteroatoms. The van der Waals surface area contributed by atoms with Crippen molar-refractivity contribution in [3.63, 3.8) is 0 Å². The first-order chi connectivity index (χ1) is 8.97. The lowest BCUT2D eigenvalue weighted by atomic mass is 10.1. The van der Waals surface area contributed by atoms with Crippen LogP contribution in [0.5, 0.6) is 0 Å². The van der Waals surface area contributed by atoms with E-state index in [0.29, 0.717) is 6.42 Å². The molecule has 100 valence electrons. The Hall–Kier alpha value is -1.24. The maximum absolute atomic E-state index is 11.1. The van der Waals surface area contributed by atoms with Crippen LogP contribution in [0.3, 0.4) is 0 Å². The number of pyridine rings is 1. The van der Waals surface area contributed by atoms with E-state index < -0.39 is 10.0 Å². The van der Waals surface area contributed by atoms with Crippen LogP contribution < -0.4 is 5.14 Å². The Bertz CT molecular complexity index is 642. The maximum atomic E-state index is 11.1. The Morgan fingerprint density at radius 2 is 1.84 bits per heavy atom. The number of sulfonamides is 1. The number of primary sulfonamides is 1. The van der Waals surface area contributed by atoms with Gasteiger partial charge in [-0.2, -0.15) is 0 Å². The van der Waals surface area contributed by atoms with Crippen LogP contribution in [0.25, 0.3) is 0 Å². The SMILES string of the molecule is NS(=O)(=O)c1ccc(CC(Br)c2ccccc2)nc1. The van der Waals surface area contributed by atoms with Crippen molar-refractivity contribution in [3.8, 4) is 0 Å². The van der Waals surface area contributed by atoms with Gasteiger partial charge in [-0.25, -0.2) is 13.6 Å². The fourth-order valence-electron chi connectivity index (χ4n) is 1.66. The molecule has 0 aliphatic rings. The summed E-state index contributed by atoms with van der Waals surface area (Å²) in [7, 11) is -3.67. The van der Waals surface area contributed by atoms with Crippen LogP contribution in [0.4, 0.5) is 0 Å². The third kappa shape index (κ3) is 3.86. The first-order valence-corrected chi connectivity index (χ1v) is 8.10. The molecule has 2 aromatic rings. The fraction of sp³-hybridized carbons (Fsp3) is 0.154. The zero-order valence-corrected chi connectivity index (χ0v) is 12.4. The Labute approximate surface area is 120 Å². The van der Waals surface area contributed by atoms with Crippen LogP contribution in [0.1, 0.15) is 16.1 Å². The maximum Gasteiger partial charge on any atom is 0.239 e. The summed E-state index contributed by atoms with van der Waals surface area (Å²) in [5.74, 6) is 0. The summed E-state index contributed by atoms with van der Waals surface area (Å²) in [5.41, 5.74) is 1.96. The average Bonchev–Trinajstić information content (AvgIpc) is 2.39. The van der Waals surface area contributed by atoms with Crippen molar-refractivity contribution in [2.75, 3.05) is 0 Å². The van der Waals surface area contributed by atoms with Gasteiger partial charge in [0.05, 0.1) is 0 Å². The van der Waals surface area contributed by atoms with Crippen LogP contribution in [0.15, 0.2) is 53.6 Å². The minimum absolute atomic E-state index is 0.0297. The smallest absolute Gasteiger partial charge is 0.239 e. The van der Waals surface area contributed by atoms with Crippen molar-refractivity contribution < 1.29 is 8.42 Å². The summed E-state index contributed by atoms with van der Waals surface area (Å²) < 4.78 is 22.2. The lowest BCUT2D eigenvalue weighted by molar-refractivity contribution is 0.597. The molecule has 0 aliphatic carbocycles. The van der Waals surface area contributed by atoms with E-state index in [1.54, 1.807) is 6.07 Å². The average molecular weight is 341 g/mol. The number of rotatable bonds is 4. The highest BCUT2D eigenvalue weighted by molar-refractivity contribution is 9.09. The first kappa shape index (κ1) is 14.2. The van der Waals surface area contributed by atoms with E-state index in [0.717, 1.165) is 11.3 Å². The molecule has 1 unspecified atom stereocenters. The number of alkyl halides is 1. The molecule has 0 aliphatic heterocycles. The fourth-order valence-corrected chi connectivity index (χ4v) is 2.76. The lowest BCUT2D eigenvalue weighted by Crippen LogP contribution is -2.12. The predicted molar refractivity (Wildman–Crippen MR) is 77.4 cm³/mol. The largest absolute Gasteiger partial charge is 0.260 e. The monoisotopic (exact) mass is 340 g/mol. The molecular formula is C13H13BrN2O2S. The molecule has 2 N–H and O–H groups in total. The van der Waals surface area contributed by atoms with Gasteiger partial charge in [0.2, 0.25) is 10.0 Å². The van der Waals surface area contributed by atoms with Gasteiger partial charge in [0.25, 0.3) is 0 Å². The molecule has 2 rings (SSSR count). The Morgan fingerprint density at radius 1 is 1.16 bits per heavy atom. The van der Waals surface area contributed by atoms with E-state index in [-0.39, 0.29) is 9.72 Å². The van der Waals surface area contributed by atoms with Gasteiger partial charge in [0.1, 0.15) is 4.90 Å². The molecule has 0 radical (unpaired) electrons. The van der Waals surface area contributed by atoms with Crippen molar-refractivity contribution in [1.29, 1.82) is 0 Å². The van der Waals surface area contributed by atoms with Crippen LogP contribution in [0.2, 0.25) is 0 Å². The highest BCUT2D eigenvalue weighted by Gasteiger charge is 2.11. The number of benzene rings is 1. The molecule has 19 heavy (non-hydrogen) atoms. The van der Waals surface area contributed by atoms with Crippen molar-refractivity contribution in [2.45, 2.75) is 16.1 Å². The topological polar surface area (TPSA) is 73.1 Å². The first-order valence-electron chi connectivity index (χ1n) is 5.63. The van der Waals surface area contributed by atoms with E-state index in [1.807, 2.05) is 30.3 Å². The minimum Gasteiger partial charge on any atom is -0.260 e. The number of nitrogens with zero attached hydrogens (tertiary/aromatic N) is 1. The number of nitrogens with two attached hydrogens (primary N) is 1. The van der Waals surface area contributed by atoms with E-state index in [9.17, 15) is 8.42 Å². The van der Waals surface area contributed by atoms with Crippen molar-refractivity contribution in [1.82, 2.24) is 4.98 Å². The van der Waals surface area contributed by atoms with E-state index >= 15 is 0 Å². The van der Waals surface area contributed by atoms with Crippen molar-refractivity contribution in [3.05, 3.63) is 59.9 Å². The standard InChI is InChI=1S/C13H13BrN2O2S/c14-13(10-4-2-1-3-5-10)8-11-6-7-12(9-16-11)19(15,17)18/h1-7,9,13H,8H2,(H2,15,17,18). The third-order valence-corrected chi connectivity index (χ3v) is 4.43. The van der Waals surface area contributed by atoms with Gasteiger partial charge in [-0.1, -0.05) is 46.3 Å². The molecular weight excluding hydrogens is 328 g/mol. The molecule has 0 amide bonds. The third-order valence-electron chi connectivity index (χ3n) is 2.68. The van der Waals surface area contributed by atoms with Crippen LogP contribution >= 0.6 is 15.9 Å². The summed E-state index contributed by atoms with van der Waals surface area (Å²) in [6, 6.07) is 13.1. The quantitative estimate of drug-likeness (QED) is 0.868. The van der Waals surface area contributed by atoms with Gasteiger partial charge < -0.3 is 0 Å². The van der Waals surface area contributed by atoms with Gasteiger partial charge in [-0.3, -0.25) is 4.98 Å². The Kier molecular flexibility index (Phi) is 4.34. The van der Waals surface area contributed by atoms with E-state index in [1.165, 1.54) is 12.3 Å². The molecule has 0 saturated carbocycles. The summed E-state index contributed by atoms with van der Waals surface area (Å²) >= 11 is 3.60.